The van der Waals surface area contributed by atoms with Gasteiger partial charge in [-0.2, -0.15) is 0 Å². The molecule has 1 heterocycles. The first-order valence-corrected chi connectivity index (χ1v) is 14.3. The number of halogens is 1. The highest BCUT2D eigenvalue weighted by Crippen LogP contribution is 2.46. The molecule has 3 rings (SSSR count). The van der Waals surface area contributed by atoms with E-state index >= 15 is 0 Å². The molecule has 0 bridgehead atoms. The lowest BCUT2D eigenvalue weighted by Gasteiger charge is -2.45. The van der Waals surface area contributed by atoms with Crippen molar-refractivity contribution in [2.24, 2.45) is 5.92 Å². The van der Waals surface area contributed by atoms with Crippen LogP contribution in [0.1, 0.15) is 64.0 Å². The number of amides is 1. The van der Waals surface area contributed by atoms with Gasteiger partial charge in [-0.05, 0) is 75.1 Å². The van der Waals surface area contributed by atoms with Gasteiger partial charge in [0.05, 0.1) is 17.7 Å². The molecule has 1 fully saturated rings. The number of hydrogen-bond acceptors (Lipinski definition) is 5. The van der Waals surface area contributed by atoms with E-state index in [4.69, 9.17) is 16.3 Å². The summed E-state index contributed by atoms with van der Waals surface area (Å²) in [7, 11) is 1.69. The number of ether oxygens (including phenoxy) is 1. The average Bonchev–Trinajstić information content (AvgIpc) is 2.93. The summed E-state index contributed by atoms with van der Waals surface area (Å²) in [6.45, 7) is 7.90. The van der Waals surface area contributed by atoms with E-state index in [1.165, 1.54) is 5.56 Å². The van der Waals surface area contributed by atoms with Crippen molar-refractivity contribution >= 4 is 17.5 Å². The number of carbonyl (C=O) groups is 1. The minimum absolute atomic E-state index is 0.0145. The molecule has 1 saturated heterocycles. The largest absolute Gasteiger partial charge is 0.395 e. The second kappa shape index (κ2) is 13.9. The zero-order valence-corrected chi connectivity index (χ0v) is 24.2. The fourth-order valence-corrected chi connectivity index (χ4v) is 6.00. The molecule has 2 atom stereocenters. The van der Waals surface area contributed by atoms with Crippen molar-refractivity contribution < 1.29 is 19.7 Å². The Balaban J connectivity index is 2.02. The molecule has 210 valence electrons. The fraction of sp³-hybridized carbons (Fsp3) is 0.581. The number of benzene rings is 2. The maximum Gasteiger partial charge on any atom is 0.242 e. The molecule has 7 heteroatoms. The van der Waals surface area contributed by atoms with Gasteiger partial charge in [-0.15, -0.1) is 0 Å². The van der Waals surface area contributed by atoms with Crippen molar-refractivity contribution in [1.29, 1.82) is 0 Å². The Morgan fingerprint density at radius 3 is 2.68 bits per heavy atom. The summed E-state index contributed by atoms with van der Waals surface area (Å²) in [6, 6.07) is 14.2. The molecular weight excluding hydrogens is 500 g/mol. The summed E-state index contributed by atoms with van der Waals surface area (Å²) < 4.78 is 5.28. The number of hydrogen-bond donors (Lipinski definition) is 3. The number of piperidine rings is 1. The summed E-state index contributed by atoms with van der Waals surface area (Å²) in [5.41, 5.74) is 1.93. The molecular formula is C31H45ClN2O4. The molecule has 1 aliphatic heterocycles. The number of likely N-dealkylation sites (tertiary alicyclic amines) is 1. The van der Waals surface area contributed by atoms with Crippen LogP contribution in [-0.4, -0.2) is 66.5 Å². The Kier molecular flexibility index (Phi) is 11.2. The van der Waals surface area contributed by atoms with Gasteiger partial charge in [0.25, 0.3) is 0 Å². The molecule has 0 radical (unpaired) electrons. The normalized spacial score (nSPS) is 17.9. The van der Waals surface area contributed by atoms with E-state index < -0.39 is 11.1 Å². The average molecular weight is 545 g/mol. The monoisotopic (exact) mass is 544 g/mol. The Morgan fingerprint density at radius 2 is 1.97 bits per heavy atom. The number of carbonyl (C=O) groups excluding carboxylic acids is 1. The number of methoxy groups -OCH3 is 1. The maximum absolute atomic E-state index is 13.5. The van der Waals surface area contributed by atoms with E-state index in [-0.39, 0.29) is 18.4 Å². The first-order chi connectivity index (χ1) is 18.2. The molecule has 1 aliphatic rings. The van der Waals surface area contributed by atoms with Crippen molar-refractivity contribution in [3.05, 3.63) is 58.6 Å². The van der Waals surface area contributed by atoms with E-state index in [1.54, 1.807) is 7.11 Å². The first-order valence-electron chi connectivity index (χ1n) is 13.9. The van der Waals surface area contributed by atoms with Crippen LogP contribution in [0.5, 0.6) is 0 Å². The Bertz CT molecular complexity index is 1060. The van der Waals surface area contributed by atoms with E-state index in [1.807, 2.05) is 43.0 Å². The van der Waals surface area contributed by atoms with E-state index in [0.717, 1.165) is 48.8 Å². The van der Waals surface area contributed by atoms with Crippen LogP contribution in [0.2, 0.25) is 5.02 Å². The summed E-state index contributed by atoms with van der Waals surface area (Å²) in [6.07, 6.45) is 4.72. The summed E-state index contributed by atoms with van der Waals surface area (Å²) in [5.74, 6) is -0.165. The van der Waals surface area contributed by atoms with Gasteiger partial charge >= 0.3 is 0 Å². The zero-order chi connectivity index (χ0) is 27.8. The third-order valence-electron chi connectivity index (χ3n) is 7.86. The Hall–Kier alpha value is -1.96. The van der Waals surface area contributed by atoms with Crippen LogP contribution in [0, 0.1) is 5.92 Å². The SMILES string of the molecule is CCc1cccc(-c2c(Cl)cccc2C(O)(CCCCOC)[C@@H]2CCCN(C(=O)C(C)(C)NCCO)C2)c1. The van der Waals surface area contributed by atoms with Crippen LogP contribution in [-0.2, 0) is 21.6 Å². The molecule has 1 unspecified atom stereocenters. The van der Waals surface area contributed by atoms with Crippen molar-refractivity contribution in [3.8, 4) is 11.1 Å². The Morgan fingerprint density at radius 1 is 1.21 bits per heavy atom. The molecule has 2 aromatic carbocycles. The smallest absolute Gasteiger partial charge is 0.242 e. The fourth-order valence-electron chi connectivity index (χ4n) is 5.72. The quantitative estimate of drug-likeness (QED) is 0.303. The molecule has 6 nitrogen and oxygen atoms in total. The number of nitrogens with zero attached hydrogens (tertiary/aromatic N) is 1. The van der Waals surface area contributed by atoms with Crippen LogP contribution in [0.4, 0.5) is 0 Å². The predicted molar refractivity (Wildman–Crippen MR) is 154 cm³/mol. The van der Waals surface area contributed by atoms with Crippen molar-refractivity contribution in [2.75, 3.05) is 40.0 Å². The van der Waals surface area contributed by atoms with Gasteiger partial charge in [-0.1, -0.05) is 54.9 Å². The Labute approximate surface area is 233 Å². The minimum atomic E-state index is -1.17. The molecule has 1 amide bonds. The highest BCUT2D eigenvalue weighted by atomic mass is 35.5. The van der Waals surface area contributed by atoms with E-state index in [9.17, 15) is 15.0 Å². The number of β-amino-alcohol motifs (C(OH)–C–C–N with tert-alkyl or cyclic N) is 1. The number of aliphatic hydroxyl groups excluding tert-OH is 1. The maximum atomic E-state index is 13.5. The molecule has 38 heavy (non-hydrogen) atoms. The number of unbranched alkanes of at least 4 members (excludes halogenated alkanes) is 1. The lowest BCUT2D eigenvalue weighted by atomic mass is 9.71. The second-order valence-corrected chi connectivity index (χ2v) is 11.4. The van der Waals surface area contributed by atoms with Crippen molar-refractivity contribution in [3.63, 3.8) is 0 Å². The molecule has 0 aromatic heterocycles. The third kappa shape index (κ3) is 7.16. The van der Waals surface area contributed by atoms with Gasteiger partial charge in [-0.3, -0.25) is 4.79 Å². The van der Waals surface area contributed by atoms with Gasteiger partial charge in [0, 0.05) is 49.9 Å². The number of aryl methyl sites for hydroxylation is 1. The zero-order valence-electron chi connectivity index (χ0n) is 23.4. The topological polar surface area (TPSA) is 82.0 Å². The van der Waals surface area contributed by atoms with E-state index in [2.05, 4.69) is 30.4 Å². The molecule has 0 aliphatic carbocycles. The number of nitrogens with one attached hydrogen (secondary N) is 1. The predicted octanol–water partition coefficient (Wildman–Crippen LogP) is 5.17. The number of aliphatic hydroxyl groups is 2. The summed E-state index contributed by atoms with van der Waals surface area (Å²) in [5, 5.41) is 25.7. The van der Waals surface area contributed by atoms with Crippen LogP contribution in [0.25, 0.3) is 11.1 Å². The van der Waals surface area contributed by atoms with Crippen LogP contribution in [0.3, 0.4) is 0 Å². The van der Waals surface area contributed by atoms with Crippen LogP contribution in [0.15, 0.2) is 42.5 Å². The van der Waals surface area contributed by atoms with E-state index in [0.29, 0.717) is 37.7 Å². The molecule has 0 saturated carbocycles. The third-order valence-corrected chi connectivity index (χ3v) is 8.17. The highest BCUT2D eigenvalue weighted by molar-refractivity contribution is 6.33. The summed E-state index contributed by atoms with van der Waals surface area (Å²) >= 11 is 6.85. The van der Waals surface area contributed by atoms with Crippen LogP contribution < -0.4 is 5.32 Å². The van der Waals surface area contributed by atoms with Gasteiger partial charge < -0.3 is 25.2 Å². The van der Waals surface area contributed by atoms with Gasteiger partial charge in [0.2, 0.25) is 5.91 Å². The lowest BCUT2D eigenvalue weighted by Crippen LogP contribution is -2.58. The van der Waals surface area contributed by atoms with Gasteiger partial charge in [-0.25, -0.2) is 0 Å². The lowest BCUT2D eigenvalue weighted by molar-refractivity contribution is -0.142. The first kappa shape index (κ1) is 30.6. The van der Waals surface area contributed by atoms with Gasteiger partial charge in [0.1, 0.15) is 0 Å². The second-order valence-electron chi connectivity index (χ2n) is 11.0. The number of rotatable bonds is 13. The van der Waals surface area contributed by atoms with Crippen LogP contribution >= 0.6 is 11.6 Å². The standard InChI is InChI=1S/C31H45ClN2O4/c1-5-23-11-8-12-24(21-23)28-26(14-9-15-27(28)32)31(37,16-6-7-20-38-4)25-13-10-18-34(22-25)29(36)30(2,3)33-17-19-35/h8-9,11-12,14-15,21,25,33,35,37H,5-7,10,13,16-20,22H2,1-4H3/t25-,31?/m1/s1. The molecule has 0 spiro atoms. The molecule has 3 N–H and O–H groups in total. The molecule has 2 aromatic rings. The summed E-state index contributed by atoms with van der Waals surface area (Å²) in [4.78, 5) is 15.4. The highest BCUT2D eigenvalue weighted by Gasteiger charge is 2.44. The van der Waals surface area contributed by atoms with Gasteiger partial charge in [0.15, 0.2) is 0 Å². The van der Waals surface area contributed by atoms with Crippen molar-refractivity contribution in [1.82, 2.24) is 10.2 Å². The van der Waals surface area contributed by atoms with Crippen molar-refractivity contribution in [2.45, 2.75) is 70.4 Å². The minimum Gasteiger partial charge on any atom is -0.395 e.